The standard InChI is InChI=1S/C15H27N3O2S/c1-3-16-11-13-10-15(12-17-13)21(19,20)18(2)14-8-6-4-5-7-9-14/h10,12,14,16-17H,3-9,11H2,1-2H3. The van der Waals surface area contributed by atoms with E-state index in [0.29, 0.717) is 11.4 Å². The molecule has 1 aliphatic rings. The van der Waals surface area contributed by atoms with Gasteiger partial charge in [-0.25, -0.2) is 8.42 Å². The van der Waals surface area contributed by atoms with Crippen molar-refractivity contribution in [1.29, 1.82) is 0 Å². The molecule has 0 aromatic carbocycles. The van der Waals surface area contributed by atoms with Crippen LogP contribution >= 0.6 is 0 Å². The van der Waals surface area contributed by atoms with E-state index in [0.717, 1.165) is 37.9 Å². The van der Waals surface area contributed by atoms with Crippen LogP contribution in [0.2, 0.25) is 0 Å². The molecule has 0 atom stereocenters. The molecule has 2 rings (SSSR count). The second-order valence-corrected chi connectivity index (χ2v) is 7.81. The van der Waals surface area contributed by atoms with Crippen molar-refractivity contribution in [3.8, 4) is 0 Å². The highest BCUT2D eigenvalue weighted by molar-refractivity contribution is 7.89. The van der Waals surface area contributed by atoms with E-state index in [2.05, 4.69) is 10.3 Å². The van der Waals surface area contributed by atoms with Crippen molar-refractivity contribution in [1.82, 2.24) is 14.6 Å². The molecule has 1 aliphatic carbocycles. The van der Waals surface area contributed by atoms with Crippen molar-refractivity contribution in [2.75, 3.05) is 13.6 Å². The Balaban J connectivity index is 2.10. The predicted molar refractivity (Wildman–Crippen MR) is 84.6 cm³/mol. The Bertz CT molecular complexity index is 531. The molecular weight excluding hydrogens is 286 g/mol. The second-order valence-electron chi connectivity index (χ2n) is 5.81. The smallest absolute Gasteiger partial charge is 0.244 e. The minimum atomic E-state index is -3.38. The lowest BCUT2D eigenvalue weighted by molar-refractivity contribution is 0.336. The lowest BCUT2D eigenvalue weighted by Crippen LogP contribution is -2.36. The van der Waals surface area contributed by atoms with Gasteiger partial charge in [-0.05, 0) is 25.5 Å². The van der Waals surface area contributed by atoms with Gasteiger partial charge in [-0.3, -0.25) is 0 Å². The van der Waals surface area contributed by atoms with Crippen LogP contribution < -0.4 is 5.32 Å². The molecule has 0 radical (unpaired) electrons. The molecule has 1 heterocycles. The largest absolute Gasteiger partial charge is 0.363 e. The summed E-state index contributed by atoms with van der Waals surface area (Å²) in [6.07, 6.45) is 8.26. The van der Waals surface area contributed by atoms with Crippen molar-refractivity contribution in [2.45, 2.75) is 62.9 Å². The third kappa shape index (κ3) is 4.08. The van der Waals surface area contributed by atoms with Gasteiger partial charge in [-0.2, -0.15) is 4.31 Å². The number of hydrogen-bond donors (Lipinski definition) is 2. The number of aromatic amines is 1. The van der Waals surface area contributed by atoms with Gasteiger partial charge in [0.2, 0.25) is 10.0 Å². The summed E-state index contributed by atoms with van der Waals surface area (Å²) in [5.41, 5.74) is 0.907. The van der Waals surface area contributed by atoms with Crippen molar-refractivity contribution < 1.29 is 8.42 Å². The average Bonchev–Trinajstić information content (AvgIpc) is 2.79. The molecule has 1 aromatic rings. The van der Waals surface area contributed by atoms with Crippen LogP contribution in [0.4, 0.5) is 0 Å². The van der Waals surface area contributed by atoms with E-state index in [4.69, 9.17) is 0 Å². The fraction of sp³-hybridized carbons (Fsp3) is 0.733. The van der Waals surface area contributed by atoms with Gasteiger partial charge >= 0.3 is 0 Å². The first kappa shape index (κ1) is 16.5. The molecule has 0 unspecified atom stereocenters. The molecule has 0 saturated heterocycles. The summed E-state index contributed by atoms with van der Waals surface area (Å²) in [6.45, 7) is 3.56. The van der Waals surface area contributed by atoms with E-state index in [9.17, 15) is 8.42 Å². The van der Waals surface area contributed by atoms with Gasteiger partial charge in [0.05, 0.1) is 4.90 Å². The van der Waals surface area contributed by atoms with E-state index < -0.39 is 10.0 Å². The van der Waals surface area contributed by atoms with Crippen LogP contribution in [0, 0.1) is 0 Å². The predicted octanol–water partition coefficient (Wildman–Crippen LogP) is 2.47. The molecule has 5 nitrogen and oxygen atoms in total. The summed E-state index contributed by atoms with van der Waals surface area (Å²) < 4.78 is 27.0. The Hall–Kier alpha value is -0.850. The summed E-state index contributed by atoms with van der Waals surface area (Å²) in [4.78, 5) is 3.43. The lowest BCUT2D eigenvalue weighted by Gasteiger charge is -2.25. The number of sulfonamides is 1. The highest BCUT2D eigenvalue weighted by Gasteiger charge is 2.29. The molecule has 0 aliphatic heterocycles. The normalized spacial score (nSPS) is 18.0. The fourth-order valence-electron chi connectivity index (χ4n) is 2.91. The molecule has 0 spiro atoms. The summed E-state index contributed by atoms with van der Waals surface area (Å²) in [7, 11) is -1.66. The molecule has 21 heavy (non-hydrogen) atoms. The monoisotopic (exact) mass is 313 g/mol. The van der Waals surface area contributed by atoms with Crippen LogP contribution in [0.5, 0.6) is 0 Å². The zero-order valence-electron chi connectivity index (χ0n) is 13.1. The van der Waals surface area contributed by atoms with Gasteiger partial charge < -0.3 is 10.3 Å². The maximum Gasteiger partial charge on any atom is 0.244 e. The summed E-state index contributed by atoms with van der Waals surface area (Å²) >= 11 is 0. The van der Waals surface area contributed by atoms with Gasteiger partial charge in [0, 0.05) is 31.5 Å². The average molecular weight is 313 g/mol. The van der Waals surface area contributed by atoms with Gasteiger partial charge in [0.1, 0.15) is 0 Å². The minimum Gasteiger partial charge on any atom is -0.363 e. The zero-order chi connectivity index (χ0) is 15.3. The van der Waals surface area contributed by atoms with Gasteiger partial charge in [0.15, 0.2) is 0 Å². The number of nitrogens with one attached hydrogen (secondary N) is 2. The SMILES string of the molecule is CCNCc1cc(S(=O)(=O)N(C)C2CCCCCC2)c[nH]1. The van der Waals surface area contributed by atoms with Crippen LogP contribution in [0.15, 0.2) is 17.2 Å². The molecule has 1 aromatic heterocycles. The Morgan fingerprint density at radius 1 is 1.29 bits per heavy atom. The molecule has 0 bridgehead atoms. The van der Waals surface area contributed by atoms with Gasteiger partial charge in [-0.1, -0.05) is 32.6 Å². The molecule has 1 fully saturated rings. The van der Waals surface area contributed by atoms with Crippen LogP contribution in [0.25, 0.3) is 0 Å². The molecule has 120 valence electrons. The Morgan fingerprint density at radius 2 is 1.95 bits per heavy atom. The molecule has 6 heteroatoms. The lowest BCUT2D eigenvalue weighted by atomic mass is 10.1. The number of nitrogens with zero attached hydrogens (tertiary/aromatic N) is 1. The van der Waals surface area contributed by atoms with Crippen molar-refractivity contribution in [3.05, 3.63) is 18.0 Å². The van der Waals surface area contributed by atoms with E-state index in [-0.39, 0.29) is 6.04 Å². The molecule has 2 N–H and O–H groups in total. The number of hydrogen-bond acceptors (Lipinski definition) is 3. The van der Waals surface area contributed by atoms with Crippen molar-refractivity contribution in [2.24, 2.45) is 0 Å². The van der Waals surface area contributed by atoms with E-state index >= 15 is 0 Å². The topological polar surface area (TPSA) is 65.2 Å². The van der Waals surface area contributed by atoms with Gasteiger partial charge in [-0.15, -0.1) is 0 Å². The van der Waals surface area contributed by atoms with Crippen LogP contribution in [-0.4, -0.2) is 37.3 Å². The zero-order valence-corrected chi connectivity index (χ0v) is 13.9. The quantitative estimate of drug-likeness (QED) is 0.793. The maximum absolute atomic E-state index is 12.7. The molecular formula is C15H27N3O2S. The van der Waals surface area contributed by atoms with Crippen molar-refractivity contribution >= 4 is 10.0 Å². The number of rotatable bonds is 6. The summed E-state index contributed by atoms with van der Waals surface area (Å²) in [6, 6.07) is 1.88. The minimum absolute atomic E-state index is 0.143. The first-order chi connectivity index (χ1) is 10.1. The van der Waals surface area contributed by atoms with Crippen LogP contribution in [0.3, 0.4) is 0 Å². The first-order valence-corrected chi connectivity index (χ1v) is 9.35. The van der Waals surface area contributed by atoms with Crippen LogP contribution in [0.1, 0.15) is 51.1 Å². The molecule has 0 amide bonds. The number of H-pyrrole nitrogens is 1. The highest BCUT2D eigenvalue weighted by Crippen LogP contribution is 2.26. The van der Waals surface area contributed by atoms with Gasteiger partial charge in [0.25, 0.3) is 0 Å². The first-order valence-electron chi connectivity index (χ1n) is 7.91. The van der Waals surface area contributed by atoms with E-state index in [1.165, 1.54) is 12.8 Å². The highest BCUT2D eigenvalue weighted by atomic mass is 32.2. The Labute approximate surface area is 128 Å². The van der Waals surface area contributed by atoms with E-state index in [1.807, 2.05) is 6.92 Å². The van der Waals surface area contributed by atoms with Crippen molar-refractivity contribution in [3.63, 3.8) is 0 Å². The number of aromatic nitrogens is 1. The summed E-state index contributed by atoms with van der Waals surface area (Å²) in [5, 5.41) is 3.19. The van der Waals surface area contributed by atoms with E-state index in [1.54, 1.807) is 23.6 Å². The second kappa shape index (κ2) is 7.42. The third-order valence-electron chi connectivity index (χ3n) is 4.30. The fourth-order valence-corrected chi connectivity index (χ4v) is 4.35. The van der Waals surface area contributed by atoms with Crippen LogP contribution in [-0.2, 0) is 16.6 Å². The molecule has 1 saturated carbocycles. The Kier molecular flexibility index (Phi) is 5.84. The third-order valence-corrected chi connectivity index (χ3v) is 6.19. The Morgan fingerprint density at radius 3 is 2.57 bits per heavy atom. The summed E-state index contributed by atoms with van der Waals surface area (Å²) in [5.74, 6) is 0. The maximum atomic E-state index is 12.7.